The first-order valence-corrected chi connectivity index (χ1v) is 10.4. The van der Waals surface area contributed by atoms with Crippen molar-refractivity contribution in [3.8, 4) is 28.0 Å². The van der Waals surface area contributed by atoms with Gasteiger partial charge in [-0.25, -0.2) is 10.5 Å². The van der Waals surface area contributed by atoms with E-state index in [4.69, 9.17) is 9.40 Å². The molecule has 9 heteroatoms. The zero-order chi connectivity index (χ0) is 21.0. The van der Waals surface area contributed by atoms with Crippen LogP contribution in [0.15, 0.2) is 75.8 Å². The molecule has 0 amide bonds. The number of nitriles is 1. The molecule has 0 spiro atoms. The summed E-state index contributed by atoms with van der Waals surface area (Å²) in [6.07, 6.45) is 1.60. The highest BCUT2D eigenvalue weighted by molar-refractivity contribution is 7.13. The van der Waals surface area contributed by atoms with Gasteiger partial charge in [0.25, 0.3) is 0 Å². The lowest BCUT2D eigenvalue weighted by Crippen LogP contribution is -2.35. The molecule has 3 aromatic heterocycles. The maximum absolute atomic E-state index is 9.87. The van der Waals surface area contributed by atoms with Crippen molar-refractivity contribution >= 4 is 23.0 Å². The van der Waals surface area contributed by atoms with E-state index in [0.29, 0.717) is 29.2 Å². The van der Waals surface area contributed by atoms with Gasteiger partial charge in [-0.2, -0.15) is 5.26 Å². The second kappa shape index (κ2) is 8.31. The minimum Gasteiger partial charge on any atom is -0.464 e. The molecule has 0 radical (unpaired) electrons. The number of anilines is 1. The van der Waals surface area contributed by atoms with Crippen LogP contribution in [0.1, 0.15) is 16.7 Å². The third-order valence-corrected chi connectivity index (χ3v) is 5.68. The molecule has 0 aliphatic carbocycles. The summed E-state index contributed by atoms with van der Waals surface area (Å²) in [6, 6.07) is 19.8. The van der Waals surface area contributed by atoms with Gasteiger partial charge in [0, 0.05) is 17.7 Å². The maximum Gasteiger partial charge on any atom is 0.170 e. The van der Waals surface area contributed by atoms with Crippen LogP contribution in [0.3, 0.4) is 0 Å². The first kappa shape index (κ1) is 18.9. The largest absolute Gasteiger partial charge is 0.464 e. The Morgan fingerprint density at radius 1 is 1.13 bits per heavy atom. The van der Waals surface area contributed by atoms with Crippen molar-refractivity contribution in [1.82, 2.24) is 21.5 Å². The van der Waals surface area contributed by atoms with Gasteiger partial charge in [0.15, 0.2) is 5.84 Å². The molecule has 4 heterocycles. The van der Waals surface area contributed by atoms with E-state index in [0.717, 1.165) is 27.5 Å². The lowest BCUT2D eigenvalue weighted by atomic mass is 10.1. The van der Waals surface area contributed by atoms with Crippen molar-refractivity contribution in [2.45, 2.75) is 6.54 Å². The second-order valence-corrected chi connectivity index (χ2v) is 7.67. The first-order chi connectivity index (χ1) is 15.3. The number of hydrazone groups is 1. The number of aromatic nitrogens is 1. The molecule has 0 fully saturated rings. The summed E-state index contributed by atoms with van der Waals surface area (Å²) in [5.74, 6) is 1.88. The lowest BCUT2D eigenvalue weighted by molar-refractivity contribution is 0.577. The quantitative estimate of drug-likeness (QED) is 0.370. The number of furan rings is 1. The molecule has 4 aromatic rings. The highest BCUT2D eigenvalue weighted by Crippen LogP contribution is 2.34. The van der Waals surface area contributed by atoms with Gasteiger partial charge in [0.05, 0.1) is 16.8 Å². The topological polar surface area (TPSA) is 110 Å². The van der Waals surface area contributed by atoms with E-state index in [2.05, 4.69) is 33.0 Å². The minimum atomic E-state index is 0.452. The Morgan fingerprint density at radius 3 is 2.71 bits per heavy atom. The monoisotopic (exact) mass is 427 g/mol. The third kappa shape index (κ3) is 3.85. The molecule has 4 N–H and O–H groups in total. The molecule has 0 saturated carbocycles. The molecule has 0 bridgehead atoms. The SMILES string of the molecule is N#Cc1c(-c2ccco2)cc(-c2cccs2)nc1NCc1ccc(C2=NNNN2)cc1. The van der Waals surface area contributed by atoms with Gasteiger partial charge < -0.3 is 9.73 Å². The number of thiophene rings is 1. The third-order valence-electron chi connectivity index (χ3n) is 4.78. The lowest BCUT2D eigenvalue weighted by Gasteiger charge is -2.13. The average Bonchev–Trinajstić information content (AvgIpc) is 3.60. The molecule has 1 aliphatic rings. The smallest absolute Gasteiger partial charge is 0.170 e. The number of hydrogen-bond donors (Lipinski definition) is 4. The van der Waals surface area contributed by atoms with E-state index in [9.17, 15) is 5.26 Å². The Bertz CT molecular complexity index is 1260. The molecular weight excluding hydrogens is 410 g/mol. The molecule has 152 valence electrons. The van der Waals surface area contributed by atoms with Crippen LogP contribution in [0.4, 0.5) is 5.82 Å². The van der Waals surface area contributed by atoms with Crippen molar-refractivity contribution in [3.63, 3.8) is 0 Å². The number of rotatable bonds is 6. The van der Waals surface area contributed by atoms with Gasteiger partial charge in [-0.1, -0.05) is 30.3 Å². The Labute approximate surface area is 182 Å². The Morgan fingerprint density at radius 2 is 2.03 bits per heavy atom. The number of pyridine rings is 1. The van der Waals surface area contributed by atoms with E-state index in [1.54, 1.807) is 17.6 Å². The summed E-state index contributed by atoms with van der Waals surface area (Å²) in [6.45, 7) is 0.518. The van der Waals surface area contributed by atoms with Crippen LogP contribution in [-0.4, -0.2) is 10.8 Å². The van der Waals surface area contributed by atoms with E-state index in [1.807, 2.05) is 60.0 Å². The van der Waals surface area contributed by atoms with Gasteiger partial charge in [0.1, 0.15) is 23.2 Å². The van der Waals surface area contributed by atoms with Crippen LogP contribution >= 0.6 is 11.3 Å². The number of benzene rings is 1. The fourth-order valence-electron chi connectivity index (χ4n) is 3.26. The maximum atomic E-state index is 9.87. The highest BCUT2D eigenvalue weighted by atomic mass is 32.1. The number of nitrogens with zero attached hydrogens (tertiary/aromatic N) is 3. The molecule has 31 heavy (non-hydrogen) atoms. The molecule has 1 aliphatic heterocycles. The van der Waals surface area contributed by atoms with Crippen LogP contribution in [0, 0.1) is 11.3 Å². The predicted molar refractivity (Wildman–Crippen MR) is 120 cm³/mol. The van der Waals surface area contributed by atoms with Crippen LogP contribution in [0.2, 0.25) is 0 Å². The number of amidine groups is 1. The normalized spacial score (nSPS) is 12.5. The zero-order valence-corrected chi connectivity index (χ0v) is 17.0. The summed E-state index contributed by atoms with van der Waals surface area (Å²) in [7, 11) is 0. The average molecular weight is 427 g/mol. The Balaban J connectivity index is 1.46. The molecule has 0 atom stereocenters. The van der Waals surface area contributed by atoms with Crippen molar-refractivity contribution in [1.29, 1.82) is 5.26 Å². The molecule has 0 saturated heterocycles. The van der Waals surface area contributed by atoms with Crippen LogP contribution in [0.25, 0.3) is 21.9 Å². The standard InChI is InChI=1S/C22H17N7OS/c23-12-17-16(19-3-1-9-30-19)11-18(20-4-2-10-31-20)25-22(17)24-13-14-5-7-15(8-6-14)21-26-28-29-27-21/h1-11,28-29H,13H2,(H,24,25)(H,26,27). The Hall–Kier alpha value is -4.13. The summed E-state index contributed by atoms with van der Waals surface area (Å²) in [5, 5.41) is 19.3. The first-order valence-electron chi connectivity index (χ1n) is 9.51. The highest BCUT2D eigenvalue weighted by Gasteiger charge is 2.17. The number of nitrogens with one attached hydrogen (secondary N) is 4. The van der Waals surface area contributed by atoms with Crippen LogP contribution < -0.4 is 21.8 Å². The van der Waals surface area contributed by atoms with E-state index in [1.165, 1.54) is 0 Å². The zero-order valence-electron chi connectivity index (χ0n) is 16.2. The van der Waals surface area contributed by atoms with E-state index < -0.39 is 0 Å². The fourth-order valence-corrected chi connectivity index (χ4v) is 3.95. The predicted octanol–water partition coefficient (Wildman–Crippen LogP) is 3.83. The van der Waals surface area contributed by atoms with Crippen molar-refractivity contribution in [3.05, 3.63) is 82.9 Å². The van der Waals surface area contributed by atoms with Crippen LogP contribution in [0.5, 0.6) is 0 Å². The van der Waals surface area contributed by atoms with Crippen molar-refractivity contribution < 1.29 is 4.42 Å². The second-order valence-electron chi connectivity index (χ2n) is 6.72. The molecule has 5 rings (SSSR count). The van der Waals surface area contributed by atoms with E-state index in [-0.39, 0.29) is 0 Å². The summed E-state index contributed by atoms with van der Waals surface area (Å²) < 4.78 is 5.58. The molecule has 8 nitrogen and oxygen atoms in total. The Kier molecular flexibility index (Phi) is 5.06. The van der Waals surface area contributed by atoms with Gasteiger partial charge in [0.2, 0.25) is 0 Å². The van der Waals surface area contributed by atoms with Crippen molar-refractivity contribution in [2.75, 3.05) is 5.32 Å². The number of hydrazine groups is 2. The van der Waals surface area contributed by atoms with Gasteiger partial charge in [-0.3, -0.25) is 5.43 Å². The molecule has 1 aromatic carbocycles. The van der Waals surface area contributed by atoms with Gasteiger partial charge in [-0.05, 0) is 35.2 Å². The van der Waals surface area contributed by atoms with Crippen molar-refractivity contribution in [2.24, 2.45) is 5.10 Å². The fraction of sp³-hybridized carbons (Fsp3) is 0.0455. The minimum absolute atomic E-state index is 0.452. The van der Waals surface area contributed by atoms with Crippen LogP contribution in [-0.2, 0) is 6.54 Å². The number of hydrogen-bond acceptors (Lipinski definition) is 9. The molecular formula is C22H17N7OS. The molecule has 0 unspecified atom stereocenters. The van der Waals surface area contributed by atoms with Gasteiger partial charge in [-0.15, -0.1) is 22.0 Å². The summed E-state index contributed by atoms with van der Waals surface area (Å²) >= 11 is 1.60. The van der Waals surface area contributed by atoms with Gasteiger partial charge >= 0.3 is 0 Å². The summed E-state index contributed by atoms with van der Waals surface area (Å²) in [5.41, 5.74) is 12.3. The summed E-state index contributed by atoms with van der Waals surface area (Å²) in [4.78, 5) is 5.77. The van der Waals surface area contributed by atoms with E-state index >= 15 is 0 Å².